The topological polar surface area (TPSA) is 36.9 Å². The van der Waals surface area contributed by atoms with Gasteiger partial charge in [0, 0.05) is 10.6 Å². The minimum absolute atomic E-state index is 0. The van der Waals surface area contributed by atoms with E-state index in [1.807, 2.05) is 18.2 Å². The van der Waals surface area contributed by atoms with Gasteiger partial charge in [0.25, 0.3) is 0 Å². The Morgan fingerprint density at radius 3 is 1.69 bits per heavy atom. The number of ether oxygens (including phenoxy) is 4. The molecule has 7 rings (SSSR count). The molecule has 284 valence electrons. The lowest BCUT2D eigenvalue weighted by Gasteiger charge is -2.23. The van der Waals surface area contributed by atoms with Crippen molar-refractivity contribution in [2.45, 2.75) is 119 Å². The number of aryl methyl sites for hydroxylation is 1. The van der Waals surface area contributed by atoms with Crippen LogP contribution in [0.2, 0.25) is 5.02 Å². The van der Waals surface area contributed by atoms with Gasteiger partial charge in [-0.1, -0.05) is 105 Å². The lowest BCUT2D eigenvalue weighted by atomic mass is 9.90. The highest BCUT2D eigenvalue weighted by Crippen LogP contribution is 2.36. The van der Waals surface area contributed by atoms with E-state index in [4.69, 9.17) is 30.5 Å². The number of fused-ring (bicyclic) bond motifs is 3. The Balaban J connectivity index is 0.000000187. The van der Waals surface area contributed by atoms with Crippen LogP contribution in [0.4, 0.5) is 4.39 Å². The zero-order valence-corrected chi connectivity index (χ0v) is 33.0. The summed E-state index contributed by atoms with van der Waals surface area (Å²) in [7, 11) is 0. The van der Waals surface area contributed by atoms with Gasteiger partial charge < -0.3 is 18.9 Å². The van der Waals surface area contributed by atoms with Gasteiger partial charge in [-0.15, -0.1) is 0 Å². The molecule has 0 bridgehead atoms. The highest BCUT2D eigenvalue weighted by Gasteiger charge is 2.21. The minimum Gasteiger partial charge on any atom is -0.493 e. The monoisotopic (exact) mass is 732 g/mol. The van der Waals surface area contributed by atoms with Crippen molar-refractivity contribution in [2.75, 3.05) is 26.4 Å². The first-order chi connectivity index (χ1) is 24.3. The molecule has 3 heterocycles. The molecular formula is C46H62ClFO4. The fraction of sp³-hybridized carbons (Fsp3) is 0.478. The SMILES string of the molecule is C.CC(C)c1ccc(Cl)cc1.CC(C)c1ccc2c(c1)CCCO2.CC(C)c1ccc2c(c1)OCCO2.Cc1c(C(C)C)cc(F)c2c1CCCO2. The Labute approximate surface area is 319 Å². The van der Waals surface area contributed by atoms with E-state index < -0.39 is 0 Å². The molecule has 3 aliphatic heterocycles. The lowest BCUT2D eigenvalue weighted by molar-refractivity contribution is 0.171. The Kier molecular flexibility index (Phi) is 16.9. The van der Waals surface area contributed by atoms with E-state index >= 15 is 0 Å². The van der Waals surface area contributed by atoms with E-state index in [9.17, 15) is 4.39 Å². The molecular weight excluding hydrogens is 671 g/mol. The molecule has 0 atom stereocenters. The fourth-order valence-electron chi connectivity index (χ4n) is 6.29. The highest BCUT2D eigenvalue weighted by atomic mass is 35.5. The van der Waals surface area contributed by atoms with Crippen molar-refractivity contribution in [2.24, 2.45) is 0 Å². The normalized spacial score (nSPS) is 13.8. The van der Waals surface area contributed by atoms with Gasteiger partial charge >= 0.3 is 0 Å². The summed E-state index contributed by atoms with van der Waals surface area (Å²) >= 11 is 5.72. The average molecular weight is 733 g/mol. The van der Waals surface area contributed by atoms with E-state index in [1.165, 1.54) is 34.2 Å². The molecule has 6 heteroatoms. The molecule has 0 fully saturated rings. The third-order valence-electron chi connectivity index (χ3n) is 9.47. The second-order valence-electron chi connectivity index (χ2n) is 14.7. The van der Waals surface area contributed by atoms with Crippen LogP contribution in [0.25, 0.3) is 0 Å². The van der Waals surface area contributed by atoms with Crippen LogP contribution in [0.15, 0.2) is 66.7 Å². The van der Waals surface area contributed by atoms with Crippen LogP contribution in [0.3, 0.4) is 0 Å². The first kappa shape index (κ1) is 42.7. The number of hydrogen-bond donors (Lipinski definition) is 0. The zero-order chi connectivity index (χ0) is 37.1. The molecule has 0 unspecified atom stereocenters. The van der Waals surface area contributed by atoms with E-state index in [1.54, 1.807) is 6.07 Å². The third-order valence-corrected chi connectivity index (χ3v) is 9.72. The number of rotatable bonds is 4. The van der Waals surface area contributed by atoms with Gasteiger partial charge in [0.05, 0.1) is 13.2 Å². The highest BCUT2D eigenvalue weighted by molar-refractivity contribution is 6.30. The van der Waals surface area contributed by atoms with Gasteiger partial charge in [0.2, 0.25) is 0 Å². The predicted octanol–water partition coefficient (Wildman–Crippen LogP) is 13.4. The first-order valence-corrected chi connectivity index (χ1v) is 19.1. The number of hydrogen-bond acceptors (Lipinski definition) is 4. The van der Waals surface area contributed by atoms with Crippen molar-refractivity contribution in [1.29, 1.82) is 0 Å². The van der Waals surface area contributed by atoms with Gasteiger partial charge in [-0.2, -0.15) is 0 Å². The van der Waals surface area contributed by atoms with Crippen LogP contribution in [0.1, 0.15) is 138 Å². The summed E-state index contributed by atoms with van der Waals surface area (Å²) in [6, 6.07) is 22.3. The van der Waals surface area contributed by atoms with Crippen LogP contribution in [-0.4, -0.2) is 26.4 Å². The molecule has 4 nitrogen and oxygen atoms in total. The average Bonchev–Trinajstić information content (AvgIpc) is 3.13. The molecule has 4 aromatic rings. The Hall–Kier alpha value is -3.70. The van der Waals surface area contributed by atoms with Crippen LogP contribution in [-0.2, 0) is 12.8 Å². The van der Waals surface area contributed by atoms with Crippen LogP contribution in [0.5, 0.6) is 23.0 Å². The van der Waals surface area contributed by atoms with E-state index in [2.05, 4.69) is 105 Å². The summed E-state index contributed by atoms with van der Waals surface area (Å²) in [6.07, 6.45) is 4.28. The van der Waals surface area contributed by atoms with E-state index in [0.29, 0.717) is 49.2 Å². The number of benzene rings is 4. The quantitative estimate of drug-likeness (QED) is 0.209. The van der Waals surface area contributed by atoms with Crippen molar-refractivity contribution in [1.82, 2.24) is 0 Å². The summed E-state index contributed by atoms with van der Waals surface area (Å²) in [5, 5.41) is 0.810. The fourth-order valence-corrected chi connectivity index (χ4v) is 6.41. The Bertz CT molecular complexity index is 1630. The summed E-state index contributed by atoms with van der Waals surface area (Å²) in [5.41, 5.74) is 8.83. The van der Waals surface area contributed by atoms with Crippen molar-refractivity contribution in [3.8, 4) is 23.0 Å². The maximum Gasteiger partial charge on any atom is 0.165 e. The van der Waals surface area contributed by atoms with Crippen molar-refractivity contribution in [3.63, 3.8) is 0 Å². The number of halogens is 2. The Morgan fingerprint density at radius 2 is 1.08 bits per heavy atom. The summed E-state index contributed by atoms with van der Waals surface area (Å²) in [4.78, 5) is 0. The van der Waals surface area contributed by atoms with E-state index in [-0.39, 0.29) is 13.2 Å². The van der Waals surface area contributed by atoms with E-state index in [0.717, 1.165) is 59.3 Å². The van der Waals surface area contributed by atoms with Crippen LogP contribution < -0.4 is 18.9 Å². The lowest BCUT2D eigenvalue weighted by Crippen LogP contribution is -2.15. The first-order valence-electron chi connectivity index (χ1n) is 18.7. The molecule has 0 saturated heterocycles. The molecule has 0 aromatic heterocycles. The van der Waals surface area contributed by atoms with Crippen LogP contribution in [0, 0.1) is 12.7 Å². The van der Waals surface area contributed by atoms with Gasteiger partial charge in [0.1, 0.15) is 19.0 Å². The second-order valence-corrected chi connectivity index (χ2v) is 15.2. The van der Waals surface area contributed by atoms with Gasteiger partial charge in [-0.3, -0.25) is 0 Å². The maximum atomic E-state index is 13.7. The third kappa shape index (κ3) is 11.9. The molecule has 0 aliphatic carbocycles. The Morgan fingerprint density at radius 1 is 0.558 bits per heavy atom. The molecule has 0 radical (unpaired) electrons. The predicted molar refractivity (Wildman–Crippen MR) is 217 cm³/mol. The minimum atomic E-state index is -0.195. The van der Waals surface area contributed by atoms with Gasteiger partial charge in [-0.25, -0.2) is 4.39 Å². The molecule has 0 saturated carbocycles. The smallest absolute Gasteiger partial charge is 0.165 e. The maximum absolute atomic E-state index is 13.7. The van der Waals surface area contributed by atoms with Crippen molar-refractivity contribution < 1.29 is 23.3 Å². The van der Waals surface area contributed by atoms with Gasteiger partial charge in [0.15, 0.2) is 23.1 Å². The van der Waals surface area contributed by atoms with Gasteiger partial charge in [-0.05, 0) is 126 Å². The molecule has 0 amide bonds. The molecule has 3 aliphatic rings. The van der Waals surface area contributed by atoms with Crippen molar-refractivity contribution in [3.05, 3.63) is 117 Å². The largest absolute Gasteiger partial charge is 0.493 e. The zero-order valence-electron chi connectivity index (χ0n) is 32.2. The second kappa shape index (κ2) is 20.5. The van der Waals surface area contributed by atoms with Crippen molar-refractivity contribution >= 4 is 11.6 Å². The molecule has 0 spiro atoms. The standard InChI is InChI=1S/C13H17FO.C12H16O.C11H14O2.C9H11Cl.CH4/c1-8(2)11-7-12(14)13-10(9(11)3)5-4-6-15-13;1-9(2)10-5-6-12-11(8-10)4-3-7-13-12;1-8(2)9-3-4-10-11(7-9)13-6-5-12-10;1-7(2)8-3-5-9(10)6-4-8;/h7-8H,4-6H2,1-3H3;5-6,8-9H,3-4,7H2,1-2H3;3-4,7-8H,5-6H2,1-2H3;3-7H,1-2H3;1H4. The summed E-state index contributed by atoms with van der Waals surface area (Å²) in [6.45, 7) is 22.2. The molecule has 52 heavy (non-hydrogen) atoms. The summed E-state index contributed by atoms with van der Waals surface area (Å²) in [5.74, 6) is 5.26. The summed E-state index contributed by atoms with van der Waals surface area (Å²) < 4.78 is 35.6. The van der Waals surface area contributed by atoms with Crippen LogP contribution >= 0.6 is 11.6 Å². The molecule has 4 aromatic carbocycles. The molecule has 0 N–H and O–H groups in total.